The molecule has 13 heavy (non-hydrogen) atoms. The van der Waals surface area contributed by atoms with E-state index in [0.29, 0.717) is 0 Å². The zero-order valence-electron chi connectivity index (χ0n) is 6.06. The summed E-state index contributed by atoms with van der Waals surface area (Å²) < 4.78 is 37.2. The van der Waals surface area contributed by atoms with Crippen LogP contribution in [-0.4, -0.2) is 4.98 Å². The predicted octanol–water partition coefficient (Wildman–Crippen LogP) is 2.68. The van der Waals surface area contributed by atoms with Crippen molar-refractivity contribution in [2.75, 3.05) is 0 Å². The second-order valence-electron chi connectivity index (χ2n) is 2.10. The van der Waals surface area contributed by atoms with Crippen LogP contribution in [0.25, 0.3) is 0 Å². The van der Waals surface area contributed by atoms with Crippen LogP contribution in [-0.2, 0) is 0 Å². The lowest BCUT2D eigenvalue weighted by Gasteiger charge is -2.03. The van der Waals surface area contributed by atoms with Gasteiger partial charge in [0, 0.05) is 6.20 Å². The van der Waals surface area contributed by atoms with Crippen LogP contribution in [0.2, 0.25) is 5.15 Å². The van der Waals surface area contributed by atoms with Crippen molar-refractivity contribution in [2.45, 2.75) is 6.43 Å². The zero-order valence-corrected chi connectivity index (χ0v) is 6.82. The van der Waals surface area contributed by atoms with E-state index < -0.39 is 28.5 Å². The Hall–Kier alpha value is -1.28. The van der Waals surface area contributed by atoms with E-state index in [1.54, 1.807) is 0 Å². The Kier molecular flexibility index (Phi) is 2.73. The molecule has 0 N–H and O–H groups in total. The van der Waals surface area contributed by atoms with Gasteiger partial charge in [-0.1, -0.05) is 11.6 Å². The van der Waals surface area contributed by atoms with Gasteiger partial charge in [0.25, 0.3) is 6.43 Å². The quantitative estimate of drug-likeness (QED) is 0.663. The number of halogens is 4. The number of alkyl halides is 2. The average molecular weight is 207 g/mol. The van der Waals surface area contributed by atoms with E-state index in [0.717, 1.165) is 6.20 Å². The highest BCUT2D eigenvalue weighted by molar-refractivity contribution is 6.29. The fourth-order valence-corrected chi connectivity index (χ4v) is 0.930. The van der Waals surface area contributed by atoms with E-state index in [9.17, 15) is 13.2 Å². The summed E-state index contributed by atoms with van der Waals surface area (Å²) in [5.41, 5.74) is -1.50. The normalized spacial score (nSPS) is 10.2. The smallest absolute Gasteiger partial charge is 0.240 e. The van der Waals surface area contributed by atoms with Gasteiger partial charge < -0.3 is 0 Å². The van der Waals surface area contributed by atoms with E-state index in [2.05, 4.69) is 4.98 Å². The molecule has 0 bridgehead atoms. The summed E-state index contributed by atoms with van der Waals surface area (Å²) in [5.74, 6) is -1.34. The highest BCUT2D eigenvalue weighted by Gasteiger charge is 2.21. The third-order valence-corrected chi connectivity index (χ3v) is 1.62. The van der Waals surface area contributed by atoms with Crippen LogP contribution < -0.4 is 0 Å². The molecule has 6 heteroatoms. The molecule has 68 valence electrons. The molecule has 0 radical (unpaired) electrons. The maximum atomic E-state index is 12.9. The molecular formula is C7H2ClF3N2. The second kappa shape index (κ2) is 3.62. The first-order valence-corrected chi connectivity index (χ1v) is 3.48. The Bertz CT molecular complexity index is 373. The number of hydrogen-bond acceptors (Lipinski definition) is 2. The molecule has 1 heterocycles. The molecule has 0 fully saturated rings. The zero-order chi connectivity index (χ0) is 10.0. The Labute approximate surface area is 76.6 Å². The SMILES string of the molecule is N#Cc1cnc(Cl)c(F)c1C(F)F. The van der Waals surface area contributed by atoms with Gasteiger partial charge in [0.2, 0.25) is 0 Å². The molecule has 0 aliphatic heterocycles. The highest BCUT2D eigenvalue weighted by Crippen LogP contribution is 2.28. The summed E-state index contributed by atoms with van der Waals surface area (Å²) in [5, 5.41) is 7.69. The van der Waals surface area contributed by atoms with Gasteiger partial charge in [-0.25, -0.2) is 18.2 Å². The molecule has 0 spiro atoms. The Morgan fingerprint density at radius 1 is 1.54 bits per heavy atom. The number of nitriles is 1. The van der Waals surface area contributed by atoms with Crippen molar-refractivity contribution < 1.29 is 13.2 Å². The van der Waals surface area contributed by atoms with Crippen LogP contribution in [0.3, 0.4) is 0 Å². The van der Waals surface area contributed by atoms with Crippen molar-refractivity contribution in [3.63, 3.8) is 0 Å². The number of hydrogen-bond donors (Lipinski definition) is 0. The molecule has 0 saturated carbocycles. The van der Waals surface area contributed by atoms with Gasteiger partial charge >= 0.3 is 0 Å². The molecule has 2 nitrogen and oxygen atoms in total. The van der Waals surface area contributed by atoms with Crippen molar-refractivity contribution in [1.82, 2.24) is 4.98 Å². The first kappa shape index (κ1) is 9.81. The lowest BCUT2D eigenvalue weighted by molar-refractivity contribution is 0.146. The lowest BCUT2D eigenvalue weighted by atomic mass is 10.1. The molecule has 0 amide bonds. The maximum Gasteiger partial charge on any atom is 0.268 e. The van der Waals surface area contributed by atoms with Crippen molar-refractivity contribution in [1.29, 1.82) is 5.26 Å². The highest BCUT2D eigenvalue weighted by atomic mass is 35.5. The van der Waals surface area contributed by atoms with E-state index >= 15 is 0 Å². The largest absolute Gasteiger partial charge is 0.268 e. The Morgan fingerprint density at radius 3 is 2.62 bits per heavy atom. The van der Waals surface area contributed by atoms with Gasteiger partial charge in [-0.3, -0.25) is 0 Å². The first-order chi connectivity index (χ1) is 6.07. The molecule has 0 unspecified atom stereocenters. The summed E-state index contributed by atoms with van der Waals surface area (Å²) in [6.45, 7) is 0. The minimum Gasteiger partial charge on any atom is -0.240 e. The standard InChI is InChI=1S/C7H2ClF3N2/c8-6-5(9)4(7(10)11)3(1-12)2-13-6/h2,7H. The molecule has 0 saturated heterocycles. The molecule has 1 aromatic rings. The molecule has 0 aliphatic rings. The summed E-state index contributed by atoms with van der Waals surface area (Å²) in [7, 11) is 0. The first-order valence-electron chi connectivity index (χ1n) is 3.10. The third kappa shape index (κ3) is 1.73. The fourth-order valence-electron chi connectivity index (χ4n) is 0.779. The topological polar surface area (TPSA) is 36.7 Å². The molecule has 1 aromatic heterocycles. The number of aromatic nitrogens is 1. The Morgan fingerprint density at radius 2 is 2.15 bits per heavy atom. The molecule has 1 rings (SSSR count). The van der Waals surface area contributed by atoms with Gasteiger partial charge in [-0.15, -0.1) is 0 Å². The van der Waals surface area contributed by atoms with Crippen LogP contribution in [0.5, 0.6) is 0 Å². The maximum absolute atomic E-state index is 12.9. The molecule has 0 atom stereocenters. The minimum atomic E-state index is -3.07. The second-order valence-corrected chi connectivity index (χ2v) is 2.46. The fraction of sp³-hybridized carbons (Fsp3) is 0.143. The number of pyridine rings is 1. The molecule has 0 aromatic carbocycles. The van der Waals surface area contributed by atoms with Crippen molar-refractivity contribution in [3.05, 3.63) is 28.3 Å². The van der Waals surface area contributed by atoms with Gasteiger partial charge in [-0.2, -0.15) is 5.26 Å². The van der Waals surface area contributed by atoms with Gasteiger partial charge in [0.1, 0.15) is 6.07 Å². The van der Waals surface area contributed by atoms with E-state index in [4.69, 9.17) is 16.9 Å². The van der Waals surface area contributed by atoms with Gasteiger partial charge in [-0.05, 0) is 0 Å². The van der Waals surface area contributed by atoms with Crippen LogP contribution >= 0.6 is 11.6 Å². The van der Waals surface area contributed by atoms with Crippen molar-refractivity contribution in [3.8, 4) is 6.07 Å². The molecule has 0 aliphatic carbocycles. The van der Waals surface area contributed by atoms with Crippen molar-refractivity contribution in [2.24, 2.45) is 0 Å². The number of rotatable bonds is 1. The van der Waals surface area contributed by atoms with Gasteiger partial charge in [0.05, 0.1) is 11.1 Å². The molecular weight excluding hydrogens is 205 g/mol. The van der Waals surface area contributed by atoms with Gasteiger partial charge in [0.15, 0.2) is 11.0 Å². The van der Waals surface area contributed by atoms with E-state index in [-0.39, 0.29) is 0 Å². The third-order valence-electron chi connectivity index (χ3n) is 1.35. The summed E-state index contributed by atoms with van der Waals surface area (Å²) in [6, 6.07) is 1.40. The monoisotopic (exact) mass is 206 g/mol. The van der Waals surface area contributed by atoms with E-state index in [1.165, 1.54) is 6.07 Å². The van der Waals surface area contributed by atoms with Crippen LogP contribution in [0.15, 0.2) is 6.20 Å². The lowest BCUT2D eigenvalue weighted by Crippen LogP contribution is -1.98. The van der Waals surface area contributed by atoms with Crippen molar-refractivity contribution >= 4 is 11.6 Å². The van der Waals surface area contributed by atoms with Crippen LogP contribution in [0.4, 0.5) is 13.2 Å². The van der Waals surface area contributed by atoms with E-state index in [1.807, 2.05) is 0 Å². The summed E-state index contributed by atoms with van der Waals surface area (Å²) in [4.78, 5) is 3.23. The summed E-state index contributed by atoms with van der Waals surface area (Å²) in [6.07, 6.45) is -2.26. The van der Waals surface area contributed by atoms with Crippen LogP contribution in [0.1, 0.15) is 17.6 Å². The average Bonchev–Trinajstić information content (AvgIpc) is 2.08. The minimum absolute atomic E-state index is 0.503. The Balaban J connectivity index is 3.43. The summed E-state index contributed by atoms with van der Waals surface area (Å²) >= 11 is 5.16. The number of nitrogens with zero attached hydrogens (tertiary/aromatic N) is 2. The predicted molar refractivity (Wildman–Crippen MR) is 38.9 cm³/mol. The van der Waals surface area contributed by atoms with Crippen LogP contribution in [0, 0.1) is 17.1 Å².